The average molecular weight is 211 g/mol. The van der Waals surface area contributed by atoms with E-state index in [0.29, 0.717) is 4.90 Å². The van der Waals surface area contributed by atoms with Crippen LogP contribution in [0.25, 0.3) is 0 Å². The van der Waals surface area contributed by atoms with Crippen molar-refractivity contribution in [3.63, 3.8) is 0 Å². The lowest BCUT2D eigenvalue weighted by molar-refractivity contribution is 0.549. The highest BCUT2D eigenvalue weighted by Gasteiger charge is 2.49. The minimum Gasteiger partial charge on any atom is -0.207 e. The van der Waals surface area contributed by atoms with Gasteiger partial charge in [-0.1, -0.05) is 18.2 Å². The summed E-state index contributed by atoms with van der Waals surface area (Å²) in [4.78, 5) is 0.385. The zero-order chi connectivity index (χ0) is 10.3. The zero-order valence-electron chi connectivity index (χ0n) is 8.21. The molecule has 1 saturated heterocycles. The Morgan fingerprint density at radius 2 is 1.57 bits per heavy atom. The van der Waals surface area contributed by atoms with Crippen molar-refractivity contribution < 1.29 is 8.42 Å². The van der Waals surface area contributed by atoms with E-state index in [1.807, 2.05) is 19.9 Å². The summed E-state index contributed by atoms with van der Waals surface area (Å²) in [6, 6.07) is 8.84. The summed E-state index contributed by atoms with van der Waals surface area (Å²) in [7, 11) is -3.23. The zero-order valence-corrected chi connectivity index (χ0v) is 9.03. The Morgan fingerprint density at radius 3 is 2.00 bits per heavy atom. The van der Waals surface area contributed by atoms with Crippen LogP contribution in [0.4, 0.5) is 0 Å². The van der Waals surface area contributed by atoms with Crippen molar-refractivity contribution in [2.75, 3.05) is 0 Å². The van der Waals surface area contributed by atoms with Gasteiger partial charge in [0.1, 0.15) is 0 Å². The van der Waals surface area contributed by atoms with E-state index in [2.05, 4.69) is 0 Å². The van der Waals surface area contributed by atoms with Crippen molar-refractivity contribution in [3.8, 4) is 0 Å². The van der Waals surface area contributed by atoms with Gasteiger partial charge < -0.3 is 0 Å². The minimum atomic E-state index is -3.23. The Hall–Kier alpha value is -0.870. The Morgan fingerprint density at radius 1 is 1.07 bits per heavy atom. The molecule has 3 nitrogen and oxygen atoms in total. The first-order chi connectivity index (χ1) is 6.55. The van der Waals surface area contributed by atoms with E-state index in [-0.39, 0.29) is 12.1 Å². The molecule has 3 atom stereocenters. The molecule has 0 amide bonds. The minimum absolute atomic E-state index is 0.139. The molecule has 76 valence electrons. The summed E-state index contributed by atoms with van der Waals surface area (Å²) in [5, 5.41) is 0. The number of hydrogen-bond acceptors (Lipinski definition) is 2. The monoisotopic (exact) mass is 211 g/mol. The molecule has 0 bridgehead atoms. The molecular formula is C10H13NO2S. The lowest BCUT2D eigenvalue weighted by atomic mass is 10.4. The van der Waals surface area contributed by atoms with Gasteiger partial charge in [-0.3, -0.25) is 0 Å². The molecule has 14 heavy (non-hydrogen) atoms. The maximum Gasteiger partial charge on any atom is 0.243 e. The maximum absolute atomic E-state index is 11.9. The second-order valence-electron chi connectivity index (χ2n) is 3.63. The summed E-state index contributed by atoms with van der Waals surface area (Å²) < 4.78 is 25.4. The van der Waals surface area contributed by atoms with E-state index in [4.69, 9.17) is 0 Å². The van der Waals surface area contributed by atoms with Gasteiger partial charge in [-0.05, 0) is 26.0 Å². The maximum atomic E-state index is 11.9. The van der Waals surface area contributed by atoms with Crippen molar-refractivity contribution in [1.82, 2.24) is 4.31 Å². The first-order valence-corrected chi connectivity index (χ1v) is 6.08. The van der Waals surface area contributed by atoms with Crippen molar-refractivity contribution in [2.45, 2.75) is 30.8 Å². The topological polar surface area (TPSA) is 37.1 Å². The molecule has 0 spiro atoms. The fourth-order valence-electron chi connectivity index (χ4n) is 1.62. The molecule has 4 heteroatoms. The number of sulfonamides is 1. The molecular weight excluding hydrogens is 198 g/mol. The summed E-state index contributed by atoms with van der Waals surface area (Å²) in [5.74, 6) is 0. The average Bonchev–Trinajstić information content (AvgIpc) is 2.77. The molecule has 1 aliphatic rings. The van der Waals surface area contributed by atoms with Crippen molar-refractivity contribution in [1.29, 1.82) is 0 Å². The van der Waals surface area contributed by atoms with Crippen LogP contribution in [0.2, 0.25) is 0 Å². The van der Waals surface area contributed by atoms with Crippen molar-refractivity contribution >= 4 is 10.0 Å². The van der Waals surface area contributed by atoms with Gasteiger partial charge >= 0.3 is 0 Å². The van der Waals surface area contributed by atoms with Gasteiger partial charge in [0, 0.05) is 12.1 Å². The quantitative estimate of drug-likeness (QED) is 0.695. The highest BCUT2D eigenvalue weighted by Crippen LogP contribution is 2.34. The van der Waals surface area contributed by atoms with Gasteiger partial charge in [0.2, 0.25) is 10.0 Å². The van der Waals surface area contributed by atoms with Crippen LogP contribution in [0.15, 0.2) is 35.2 Å². The van der Waals surface area contributed by atoms with Gasteiger partial charge in [-0.2, -0.15) is 4.31 Å². The number of hydrogen-bond donors (Lipinski definition) is 0. The van der Waals surface area contributed by atoms with Crippen LogP contribution < -0.4 is 0 Å². The summed E-state index contributed by atoms with van der Waals surface area (Å²) in [6.07, 6.45) is 0. The van der Waals surface area contributed by atoms with Crippen LogP contribution in [0.1, 0.15) is 13.8 Å². The van der Waals surface area contributed by atoms with Crippen LogP contribution in [0, 0.1) is 0 Å². The van der Waals surface area contributed by atoms with Crippen LogP contribution >= 0.6 is 0 Å². The van der Waals surface area contributed by atoms with E-state index in [1.165, 1.54) is 4.31 Å². The van der Waals surface area contributed by atoms with Crippen LogP contribution in [-0.2, 0) is 10.0 Å². The van der Waals surface area contributed by atoms with Crippen molar-refractivity contribution in [3.05, 3.63) is 30.3 Å². The molecule has 1 heterocycles. The second kappa shape index (κ2) is 3.07. The number of rotatable bonds is 2. The molecule has 0 saturated carbocycles. The predicted molar refractivity (Wildman–Crippen MR) is 54.4 cm³/mol. The molecule has 0 radical (unpaired) electrons. The van der Waals surface area contributed by atoms with E-state index >= 15 is 0 Å². The van der Waals surface area contributed by atoms with Crippen LogP contribution in [0.5, 0.6) is 0 Å². The largest absolute Gasteiger partial charge is 0.243 e. The Kier molecular flexibility index (Phi) is 2.12. The highest BCUT2D eigenvalue weighted by molar-refractivity contribution is 7.89. The highest BCUT2D eigenvalue weighted by atomic mass is 32.2. The normalized spacial score (nSPS) is 31.4. The Bertz CT molecular complexity index is 419. The van der Waals surface area contributed by atoms with Gasteiger partial charge in [0.15, 0.2) is 0 Å². The molecule has 1 unspecified atom stereocenters. The first-order valence-electron chi connectivity index (χ1n) is 4.64. The van der Waals surface area contributed by atoms with Gasteiger partial charge in [-0.15, -0.1) is 0 Å². The molecule has 1 fully saturated rings. The first kappa shape index (κ1) is 9.68. The van der Waals surface area contributed by atoms with E-state index in [9.17, 15) is 8.42 Å². The third-order valence-electron chi connectivity index (χ3n) is 2.73. The van der Waals surface area contributed by atoms with Gasteiger partial charge in [0.05, 0.1) is 4.90 Å². The van der Waals surface area contributed by atoms with Crippen LogP contribution in [-0.4, -0.2) is 24.8 Å². The number of nitrogens with zero attached hydrogens (tertiary/aromatic N) is 1. The predicted octanol–water partition coefficient (Wildman–Crippen LogP) is 1.47. The van der Waals surface area contributed by atoms with E-state index in [0.717, 1.165) is 0 Å². The van der Waals surface area contributed by atoms with E-state index in [1.54, 1.807) is 24.3 Å². The molecule has 1 aromatic rings. The summed E-state index contributed by atoms with van der Waals surface area (Å²) >= 11 is 0. The third-order valence-corrected chi connectivity index (χ3v) is 4.82. The SMILES string of the molecule is C[C@@H]1[C@H](C)N1S(=O)(=O)c1ccccc1. The lowest BCUT2D eigenvalue weighted by Crippen LogP contribution is -2.14. The van der Waals surface area contributed by atoms with Gasteiger partial charge in [0.25, 0.3) is 0 Å². The molecule has 0 aromatic heterocycles. The standard InChI is InChI=1S/C10H13NO2S/c1-8-9(2)11(8)14(12,13)10-6-4-3-5-7-10/h3-9H,1-2H3/t8-,9+,11?. The fourth-order valence-corrected chi connectivity index (χ4v) is 3.54. The molecule has 0 N–H and O–H groups in total. The summed E-state index contributed by atoms with van der Waals surface area (Å²) in [5.41, 5.74) is 0. The van der Waals surface area contributed by atoms with Crippen LogP contribution in [0.3, 0.4) is 0 Å². The molecule has 1 aliphatic heterocycles. The van der Waals surface area contributed by atoms with Gasteiger partial charge in [-0.25, -0.2) is 8.42 Å². The summed E-state index contributed by atoms with van der Waals surface area (Å²) in [6.45, 7) is 3.84. The molecule has 1 aromatic carbocycles. The molecule has 2 rings (SSSR count). The lowest BCUT2D eigenvalue weighted by Gasteiger charge is -2.04. The third kappa shape index (κ3) is 1.35. The fraction of sp³-hybridized carbons (Fsp3) is 0.400. The Labute approximate surface area is 84.4 Å². The second-order valence-corrected chi connectivity index (χ2v) is 5.47. The molecule has 0 aliphatic carbocycles. The Balaban J connectivity index is 2.36. The van der Waals surface area contributed by atoms with Crippen molar-refractivity contribution in [2.24, 2.45) is 0 Å². The van der Waals surface area contributed by atoms with E-state index < -0.39 is 10.0 Å². The number of benzene rings is 1. The smallest absolute Gasteiger partial charge is 0.207 e.